The minimum atomic E-state index is -0.355. The highest BCUT2D eigenvalue weighted by Gasteiger charge is 2.37. The molecule has 2 aromatic rings. The first-order chi connectivity index (χ1) is 13.4. The molecule has 148 valence electrons. The van der Waals surface area contributed by atoms with Crippen molar-refractivity contribution in [2.24, 2.45) is 0 Å². The van der Waals surface area contributed by atoms with E-state index in [1.165, 1.54) is 0 Å². The Kier molecular flexibility index (Phi) is 5.12. The highest BCUT2D eigenvalue weighted by molar-refractivity contribution is 6.42. The first-order valence-electron chi connectivity index (χ1n) is 9.28. The number of rotatable bonds is 3. The second-order valence-electron chi connectivity index (χ2n) is 7.56. The zero-order valence-electron chi connectivity index (χ0n) is 16.1. The number of carbonyl (C=O) groups excluding carboxylic acids is 1. The van der Waals surface area contributed by atoms with Crippen molar-refractivity contribution < 1.29 is 4.79 Å². The van der Waals surface area contributed by atoms with E-state index in [1.807, 2.05) is 34.7 Å². The summed E-state index contributed by atoms with van der Waals surface area (Å²) in [6.07, 6.45) is 2.70. The van der Waals surface area contributed by atoms with Crippen LogP contribution in [0.15, 0.2) is 41.7 Å². The fourth-order valence-electron chi connectivity index (χ4n) is 3.99. The van der Waals surface area contributed by atoms with E-state index in [4.69, 9.17) is 23.2 Å². The number of likely N-dealkylation sites (tertiary alicyclic amines) is 1. The van der Waals surface area contributed by atoms with Crippen molar-refractivity contribution in [1.29, 1.82) is 0 Å². The van der Waals surface area contributed by atoms with Crippen molar-refractivity contribution in [2.75, 3.05) is 32.5 Å². The zero-order valence-corrected chi connectivity index (χ0v) is 17.6. The fourth-order valence-corrected chi connectivity index (χ4v) is 4.30. The van der Waals surface area contributed by atoms with Crippen LogP contribution in [-0.4, -0.2) is 58.7 Å². The molecule has 4 rings (SSSR count). The summed E-state index contributed by atoms with van der Waals surface area (Å²) >= 11 is 12.4. The number of halogens is 2. The molecule has 1 aromatic heterocycles. The number of benzene rings is 1. The van der Waals surface area contributed by atoms with Gasteiger partial charge in [-0.25, -0.2) is 4.68 Å². The van der Waals surface area contributed by atoms with Gasteiger partial charge in [-0.15, -0.1) is 0 Å². The predicted molar refractivity (Wildman–Crippen MR) is 112 cm³/mol. The highest BCUT2D eigenvalue weighted by atomic mass is 35.5. The van der Waals surface area contributed by atoms with Gasteiger partial charge in [-0.05, 0) is 45.1 Å². The van der Waals surface area contributed by atoms with Gasteiger partial charge in [0.1, 0.15) is 11.9 Å². The van der Waals surface area contributed by atoms with Crippen molar-refractivity contribution in [1.82, 2.24) is 19.6 Å². The Hall–Kier alpha value is -2.02. The number of hydrogen-bond acceptors (Lipinski definition) is 4. The van der Waals surface area contributed by atoms with Gasteiger partial charge in [0.2, 0.25) is 0 Å². The third-order valence-electron chi connectivity index (χ3n) is 5.58. The maximum atomic E-state index is 13.6. The first kappa shape index (κ1) is 19.3. The summed E-state index contributed by atoms with van der Waals surface area (Å²) in [5.41, 5.74) is 2.41. The summed E-state index contributed by atoms with van der Waals surface area (Å²) < 4.78 is 1.83. The Morgan fingerprint density at radius 1 is 1.25 bits per heavy atom. The van der Waals surface area contributed by atoms with Gasteiger partial charge in [-0.2, -0.15) is 5.10 Å². The SMILES string of the molecule is CC1=C(C(=O)N2CC[C@@H](N(C)C)C2)C(c2ccc(Cl)c(Cl)c2)n2nccc2N1. The molecule has 0 spiro atoms. The van der Waals surface area contributed by atoms with Crippen LogP contribution in [0.3, 0.4) is 0 Å². The minimum absolute atomic E-state index is 0.0339. The summed E-state index contributed by atoms with van der Waals surface area (Å²) in [6.45, 7) is 3.41. The van der Waals surface area contributed by atoms with Crippen LogP contribution in [0, 0.1) is 0 Å². The first-order valence-corrected chi connectivity index (χ1v) is 10.0. The Bertz CT molecular complexity index is 952. The molecule has 0 bridgehead atoms. The quantitative estimate of drug-likeness (QED) is 0.824. The van der Waals surface area contributed by atoms with Crippen LogP contribution in [0.1, 0.15) is 24.9 Å². The van der Waals surface area contributed by atoms with E-state index in [1.54, 1.807) is 12.3 Å². The van der Waals surface area contributed by atoms with Crippen LogP contribution in [0.5, 0.6) is 0 Å². The number of aromatic nitrogens is 2. The molecule has 28 heavy (non-hydrogen) atoms. The van der Waals surface area contributed by atoms with Crippen LogP contribution in [0.2, 0.25) is 10.0 Å². The van der Waals surface area contributed by atoms with E-state index in [0.717, 1.165) is 36.6 Å². The van der Waals surface area contributed by atoms with Crippen LogP contribution in [0.25, 0.3) is 0 Å². The Labute approximate surface area is 174 Å². The standard InChI is InChI=1S/C20H23Cl2N5O/c1-12-18(20(28)26-9-7-14(11-26)25(2)3)19(27-17(24-12)6-8-23-27)13-4-5-15(21)16(22)10-13/h4-6,8,10,14,19,24H,7,9,11H2,1-3H3/t14-,19?/m1/s1. The Balaban J connectivity index is 1.75. The average Bonchev–Trinajstić information content (AvgIpc) is 3.31. The van der Waals surface area contributed by atoms with Gasteiger partial charge in [0, 0.05) is 30.9 Å². The second-order valence-corrected chi connectivity index (χ2v) is 8.37. The van der Waals surface area contributed by atoms with E-state index in [0.29, 0.717) is 21.7 Å². The number of allylic oxidation sites excluding steroid dienone is 1. The molecule has 1 fully saturated rings. The number of anilines is 1. The number of nitrogens with zero attached hydrogens (tertiary/aromatic N) is 4. The van der Waals surface area contributed by atoms with E-state index in [9.17, 15) is 4.79 Å². The van der Waals surface area contributed by atoms with Crippen LogP contribution < -0.4 is 5.32 Å². The number of amides is 1. The minimum Gasteiger partial charge on any atom is -0.344 e. The number of fused-ring (bicyclic) bond motifs is 1. The molecule has 8 heteroatoms. The molecule has 0 aliphatic carbocycles. The lowest BCUT2D eigenvalue weighted by atomic mass is 9.94. The molecule has 0 radical (unpaired) electrons. The average molecular weight is 420 g/mol. The normalized spacial score (nSPS) is 21.9. The van der Waals surface area contributed by atoms with E-state index in [2.05, 4.69) is 29.4 Å². The van der Waals surface area contributed by atoms with E-state index in [-0.39, 0.29) is 11.9 Å². The summed E-state index contributed by atoms with van der Waals surface area (Å²) in [6, 6.07) is 7.41. The van der Waals surface area contributed by atoms with Gasteiger partial charge < -0.3 is 15.1 Å². The molecular formula is C20H23Cl2N5O. The molecule has 6 nitrogen and oxygen atoms in total. The maximum absolute atomic E-state index is 13.6. The molecule has 0 saturated carbocycles. The molecule has 1 N–H and O–H groups in total. The van der Waals surface area contributed by atoms with Gasteiger partial charge in [0.15, 0.2) is 0 Å². The van der Waals surface area contributed by atoms with Crippen molar-refractivity contribution in [2.45, 2.75) is 25.4 Å². The van der Waals surface area contributed by atoms with Crippen LogP contribution in [-0.2, 0) is 4.79 Å². The predicted octanol–water partition coefficient (Wildman–Crippen LogP) is 3.64. The molecule has 1 aromatic carbocycles. The van der Waals surface area contributed by atoms with Crippen molar-refractivity contribution in [3.05, 3.63) is 57.3 Å². The smallest absolute Gasteiger partial charge is 0.254 e. The van der Waals surface area contributed by atoms with Crippen molar-refractivity contribution in [3.63, 3.8) is 0 Å². The number of carbonyl (C=O) groups is 1. The number of likely N-dealkylation sites (N-methyl/N-ethyl adjacent to an activating group) is 1. The molecule has 1 amide bonds. The van der Waals surface area contributed by atoms with Crippen molar-refractivity contribution in [3.8, 4) is 0 Å². The summed E-state index contributed by atoms with van der Waals surface area (Å²) in [5.74, 6) is 0.879. The molecule has 1 saturated heterocycles. The topological polar surface area (TPSA) is 53.4 Å². The highest BCUT2D eigenvalue weighted by Crippen LogP contribution is 2.38. The molecule has 1 unspecified atom stereocenters. The van der Waals surface area contributed by atoms with Gasteiger partial charge in [-0.1, -0.05) is 29.3 Å². The molecule has 2 aliphatic heterocycles. The van der Waals surface area contributed by atoms with Gasteiger partial charge in [-0.3, -0.25) is 4.79 Å². The van der Waals surface area contributed by atoms with E-state index >= 15 is 0 Å². The lowest BCUT2D eigenvalue weighted by molar-refractivity contribution is -0.126. The maximum Gasteiger partial charge on any atom is 0.254 e. The van der Waals surface area contributed by atoms with Gasteiger partial charge >= 0.3 is 0 Å². The van der Waals surface area contributed by atoms with E-state index < -0.39 is 0 Å². The largest absolute Gasteiger partial charge is 0.344 e. The monoisotopic (exact) mass is 419 g/mol. The molecule has 3 heterocycles. The molecule has 2 aliphatic rings. The van der Waals surface area contributed by atoms with Crippen LogP contribution in [0.4, 0.5) is 5.82 Å². The van der Waals surface area contributed by atoms with Crippen LogP contribution >= 0.6 is 23.2 Å². The third kappa shape index (κ3) is 3.30. The second kappa shape index (κ2) is 7.43. The van der Waals surface area contributed by atoms with Crippen molar-refractivity contribution >= 4 is 34.9 Å². The lowest BCUT2D eigenvalue weighted by Crippen LogP contribution is -2.39. The molecular weight excluding hydrogens is 397 g/mol. The Morgan fingerprint density at radius 3 is 2.71 bits per heavy atom. The summed E-state index contributed by atoms with van der Waals surface area (Å²) in [4.78, 5) is 17.7. The summed E-state index contributed by atoms with van der Waals surface area (Å²) in [7, 11) is 4.11. The summed E-state index contributed by atoms with van der Waals surface area (Å²) in [5, 5.41) is 8.74. The number of hydrogen-bond donors (Lipinski definition) is 1. The number of nitrogens with one attached hydrogen (secondary N) is 1. The molecule has 2 atom stereocenters. The fraction of sp³-hybridized carbons (Fsp3) is 0.400. The van der Waals surface area contributed by atoms with Gasteiger partial charge in [0.25, 0.3) is 5.91 Å². The zero-order chi connectivity index (χ0) is 20.0. The third-order valence-corrected chi connectivity index (χ3v) is 6.32. The Morgan fingerprint density at radius 2 is 2.04 bits per heavy atom. The lowest BCUT2D eigenvalue weighted by Gasteiger charge is -2.32. The van der Waals surface area contributed by atoms with Gasteiger partial charge in [0.05, 0.1) is 21.8 Å².